The van der Waals surface area contributed by atoms with Gasteiger partial charge >= 0.3 is 5.97 Å². The Balaban J connectivity index is 2.61. The topological polar surface area (TPSA) is 64.6 Å². The quantitative estimate of drug-likeness (QED) is 0.800. The van der Waals surface area contributed by atoms with Gasteiger partial charge in [-0.25, -0.2) is 0 Å². The Morgan fingerprint density at radius 3 is 2.53 bits per heavy atom. The molecule has 0 fully saturated rings. The average Bonchev–Trinajstić information content (AvgIpc) is 2.44. The van der Waals surface area contributed by atoms with Gasteiger partial charge in [-0.2, -0.15) is 0 Å². The van der Waals surface area contributed by atoms with Crippen LogP contribution >= 0.6 is 0 Å². The number of carbonyl (C=O) groups excluding carboxylic acids is 2. The maximum atomic E-state index is 11.6. The maximum Gasteiger partial charge on any atom is 0.306 e. The van der Waals surface area contributed by atoms with Crippen LogP contribution in [0.4, 0.5) is 5.69 Å². The van der Waals surface area contributed by atoms with Crippen molar-refractivity contribution in [2.24, 2.45) is 0 Å². The number of esters is 1. The Kier molecular flexibility index (Phi) is 5.85. The molecule has 0 aliphatic heterocycles. The van der Waals surface area contributed by atoms with E-state index in [4.69, 9.17) is 4.74 Å². The minimum Gasteiger partial charge on any atom is -0.496 e. The average molecular weight is 265 g/mol. The lowest BCUT2D eigenvalue weighted by molar-refractivity contribution is -0.141. The van der Waals surface area contributed by atoms with Crippen molar-refractivity contribution in [1.29, 1.82) is 0 Å². The van der Waals surface area contributed by atoms with Crippen LogP contribution in [-0.4, -0.2) is 26.1 Å². The number of ether oxygens (including phenoxy) is 2. The van der Waals surface area contributed by atoms with Crippen LogP contribution in [0, 0.1) is 0 Å². The first-order chi connectivity index (χ1) is 9.10. The number of benzene rings is 1. The molecule has 0 unspecified atom stereocenters. The van der Waals surface area contributed by atoms with Gasteiger partial charge in [-0.05, 0) is 30.2 Å². The van der Waals surface area contributed by atoms with E-state index >= 15 is 0 Å². The highest BCUT2D eigenvalue weighted by Crippen LogP contribution is 2.23. The predicted molar refractivity (Wildman–Crippen MR) is 72.3 cm³/mol. The van der Waals surface area contributed by atoms with Crippen molar-refractivity contribution in [3.63, 3.8) is 0 Å². The molecular formula is C14H19NO4. The lowest BCUT2D eigenvalue weighted by Crippen LogP contribution is -2.14. The van der Waals surface area contributed by atoms with Gasteiger partial charge < -0.3 is 14.8 Å². The van der Waals surface area contributed by atoms with E-state index in [1.165, 1.54) is 7.11 Å². The van der Waals surface area contributed by atoms with E-state index in [9.17, 15) is 9.59 Å². The molecule has 0 spiro atoms. The standard InChI is InChI=1S/C14H19NO4/c1-4-10-9-11(5-6-12(10)18-2)15-13(16)7-8-14(17)19-3/h5-6,9H,4,7-8H2,1-3H3,(H,15,16). The zero-order valence-electron chi connectivity index (χ0n) is 11.5. The van der Waals surface area contributed by atoms with Crippen LogP contribution in [-0.2, 0) is 20.7 Å². The predicted octanol–water partition coefficient (Wildman–Crippen LogP) is 2.15. The van der Waals surface area contributed by atoms with E-state index in [1.807, 2.05) is 19.1 Å². The van der Waals surface area contributed by atoms with E-state index in [1.54, 1.807) is 13.2 Å². The number of hydrogen-bond acceptors (Lipinski definition) is 4. The molecule has 0 aromatic heterocycles. The summed E-state index contributed by atoms with van der Waals surface area (Å²) in [7, 11) is 2.92. The van der Waals surface area contributed by atoms with Crippen LogP contribution in [0.1, 0.15) is 25.3 Å². The van der Waals surface area contributed by atoms with Gasteiger partial charge in [0.2, 0.25) is 5.91 Å². The highest BCUT2D eigenvalue weighted by Gasteiger charge is 2.08. The van der Waals surface area contributed by atoms with Crippen LogP contribution in [0.15, 0.2) is 18.2 Å². The Labute approximate surface area is 112 Å². The van der Waals surface area contributed by atoms with Gasteiger partial charge in [0, 0.05) is 12.1 Å². The Morgan fingerprint density at radius 2 is 1.95 bits per heavy atom. The zero-order valence-corrected chi connectivity index (χ0v) is 11.5. The third-order valence-corrected chi connectivity index (χ3v) is 2.73. The van der Waals surface area contributed by atoms with E-state index in [2.05, 4.69) is 10.1 Å². The third-order valence-electron chi connectivity index (χ3n) is 2.73. The Morgan fingerprint density at radius 1 is 1.21 bits per heavy atom. The molecule has 0 radical (unpaired) electrons. The van der Waals surface area contributed by atoms with Crippen molar-refractivity contribution in [3.8, 4) is 5.75 Å². The molecule has 104 valence electrons. The van der Waals surface area contributed by atoms with E-state index < -0.39 is 0 Å². The summed E-state index contributed by atoms with van der Waals surface area (Å²) in [6.07, 6.45) is 1.01. The highest BCUT2D eigenvalue weighted by atomic mass is 16.5. The Hall–Kier alpha value is -2.04. The molecule has 0 aliphatic carbocycles. The number of methoxy groups -OCH3 is 2. The number of anilines is 1. The molecule has 5 heteroatoms. The molecule has 19 heavy (non-hydrogen) atoms. The Bertz CT molecular complexity index is 457. The second-order valence-electron chi connectivity index (χ2n) is 4.00. The van der Waals surface area contributed by atoms with Gasteiger partial charge in [-0.1, -0.05) is 6.92 Å². The number of carbonyl (C=O) groups is 2. The van der Waals surface area contributed by atoms with Gasteiger partial charge in [-0.15, -0.1) is 0 Å². The van der Waals surface area contributed by atoms with Crippen molar-refractivity contribution in [2.75, 3.05) is 19.5 Å². The highest BCUT2D eigenvalue weighted by molar-refractivity contribution is 5.92. The zero-order chi connectivity index (χ0) is 14.3. The van der Waals surface area contributed by atoms with Crippen molar-refractivity contribution in [1.82, 2.24) is 0 Å². The molecule has 0 aliphatic rings. The van der Waals surface area contributed by atoms with Crippen LogP contribution < -0.4 is 10.1 Å². The monoisotopic (exact) mass is 265 g/mol. The van der Waals surface area contributed by atoms with Crippen molar-refractivity contribution in [3.05, 3.63) is 23.8 Å². The van der Waals surface area contributed by atoms with Gasteiger partial charge in [0.1, 0.15) is 5.75 Å². The molecule has 1 rings (SSSR count). The summed E-state index contributed by atoms with van der Waals surface area (Å²) >= 11 is 0. The van der Waals surface area contributed by atoms with E-state index in [0.29, 0.717) is 5.69 Å². The molecule has 0 heterocycles. The molecule has 5 nitrogen and oxygen atoms in total. The summed E-state index contributed by atoms with van der Waals surface area (Å²) in [5.41, 5.74) is 1.72. The minimum atomic E-state index is -0.390. The third kappa shape index (κ3) is 4.62. The minimum absolute atomic E-state index is 0.0825. The van der Waals surface area contributed by atoms with Crippen LogP contribution in [0.3, 0.4) is 0 Å². The summed E-state index contributed by atoms with van der Waals surface area (Å²) in [5.74, 6) is 0.201. The van der Waals surface area contributed by atoms with E-state index in [-0.39, 0.29) is 24.7 Å². The normalized spacial score (nSPS) is 9.84. The van der Waals surface area contributed by atoms with E-state index in [0.717, 1.165) is 17.7 Å². The lowest BCUT2D eigenvalue weighted by Gasteiger charge is -2.10. The molecule has 0 saturated heterocycles. The van der Waals surface area contributed by atoms with Crippen molar-refractivity contribution >= 4 is 17.6 Å². The molecule has 1 aromatic carbocycles. The fourth-order valence-corrected chi connectivity index (χ4v) is 1.67. The SMILES string of the molecule is CCc1cc(NC(=O)CCC(=O)OC)ccc1OC. The first-order valence-corrected chi connectivity index (χ1v) is 6.14. The number of nitrogens with one attached hydrogen (secondary N) is 1. The lowest BCUT2D eigenvalue weighted by atomic mass is 10.1. The first kappa shape index (κ1) is 15.0. The van der Waals surface area contributed by atoms with Crippen LogP contribution in [0.2, 0.25) is 0 Å². The summed E-state index contributed by atoms with van der Waals surface area (Å²) in [6, 6.07) is 5.46. The molecule has 0 atom stereocenters. The van der Waals surface area contributed by atoms with Gasteiger partial charge in [0.05, 0.1) is 20.6 Å². The number of hydrogen-bond donors (Lipinski definition) is 1. The van der Waals surface area contributed by atoms with Crippen molar-refractivity contribution < 1.29 is 19.1 Å². The number of rotatable bonds is 6. The fraction of sp³-hybridized carbons (Fsp3) is 0.429. The molecule has 1 amide bonds. The summed E-state index contributed by atoms with van der Waals surface area (Å²) in [5, 5.41) is 2.75. The van der Waals surface area contributed by atoms with Gasteiger partial charge in [-0.3, -0.25) is 9.59 Å². The maximum absolute atomic E-state index is 11.6. The summed E-state index contributed by atoms with van der Waals surface area (Å²) in [4.78, 5) is 22.6. The molecular weight excluding hydrogens is 246 g/mol. The molecule has 1 N–H and O–H groups in total. The summed E-state index contributed by atoms with van der Waals surface area (Å²) < 4.78 is 9.70. The van der Waals surface area contributed by atoms with Gasteiger partial charge in [0.15, 0.2) is 0 Å². The molecule has 0 bridgehead atoms. The van der Waals surface area contributed by atoms with Crippen LogP contribution in [0.5, 0.6) is 5.75 Å². The second-order valence-corrected chi connectivity index (χ2v) is 4.00. The smallest absolute Gasteiger partial charge is 0.306 e. The van der Waals surface area contributed by atoms with Crippen molar-refractivity contribution in [2.45, 2.75) is 26.2 Å². The fourth-order valence-electron chi connectivity index (χ4n) is 1.67. The first-order valence-electron chi connectivity index (χ1n) is 6.14. The van der Waals surface area contributed by atoms with Crippen LogP contribution in [0.25, 0.3) is 0 Å². The summed E-state index contributed by atoms with van der Waals surface area (Å²) in [6.45, 7) is 2.01. The largest absolute Gasteiger partial charge is 0.496 e. The molecule has 0 saturated carbocycles. The molecule has 1 aromatic rings. The van der Waals surface area contributed by atoms with Gasteiger partial charge in [0.25, 0.3) is 0 Å². The number of amides is 1. The number of aryl methyl sites for hydroxylation is 1. The second kappa shape index (κ2) is 7.41.